The number of carboxylic acid groups (broad SMARTS) is 2. The van der Waals surface area contributed by atoms with E-state index in [1.54, 1.807) is 0 Å². The summed E-state index contributed by atoms with van der Waals surface area (Å²) in [5.41, 5.74) is 0. The van der Waals surface area contributed by atoms with E-state index in [1.165, 1.54) is 12.4 Å². The van der Waals surface area contributed by atoms with Crippen LogP contribution in [0, 0.1) is 0 Å². The monoisotopic (exact) mass is 190 g/mol. The molecule has 0 aliphatic heterocycles. The molecule has 13 heavy (non-hydrogen) atoms. The zero-order valence-electron chi connectivity index (χ0n) is 7.17. The van der Waals surface area contributed by atoms with E-state index in [0.29, 0.717) is 0 Å². The number of carbonyl (C=O) groups is 2. The van der Waals surface area contributed by atoms with Crippen molar-refractivity contribution < 1.29 is 24.4 Å². The van der Waals surface area contributed by atoms with Crippen molar-refractivity contribution in [2.24, 2.45) is 0 Å². The van der Waals surface area contributed by atoms with Gasteiger partial charge in [-0.25, -0.2) is 4.63 Å². The van der Waals surface area contributed by atoms with Crippen LogP contribution in [-0.2, 0) is 9.59 Å². The summed E-state index contributed by atoms with van der Waals surface area (Å²) in [6.45, 7) is 2.17. The van der Waals surface area contributed by atoms with Crippen LogP contribution in [0.5, 0.6) is 0 Å². The Morgan fingerprint density at radius 2 is 1.31 bits per heavy atom. The van der Waals surface area contributed by atoms with E-state index in [1.807, 2.05) is 0 Å². The van der Waals surface area contributed by atoms with Gasteiger partial charge in [0.2, 0.25) is 0 Å². The van der Waals surface area contributed by atoms with Gasteiger partial charge in [0.05, 0.1) is 12.4 Å². The molecule has 0 unspecified atom stereocenters. The Morgan fingerprint density at radius 1 is 1.08 bits per heavy atom. The Hall–Kier alpha value is -1.92. The minimum absolute atomic E-state index is 0.833. The first-order valence-electron chi connectivity index (χ1n) is 3.07. The standard InChI is InChI=1S/C2H2N2O.2C2H4O2/c1-2-4-5-3-1;2*1-2(3)4/h1-2H;2*1H3,(H,3,4). The van der Waals surface area contributed by atoms with E-state index in [9.17, 15) is 0 Å². The molecule has 2 N–H and O–H groups in total. The van der Waals surface area contributed by atoms with E-state index in [2.05, 4.69) is 14.9 Å². The van der Waals surface area contributed by atoms with E-state index >= 15 is 0 Å². The third-order valence-electron chi connectivity index (χ3n) is 0.283. The van der Waals surface area contributed by atoms with Crippen molar-refractivity contribution >= 4 is 11.9 Å². The summed E-state index contributed by atoms with van der Waals surface area (Å²) < 4.78 is 4.08. The van der Waals surface area contributed by atoms with Crippen LogP contribution in [-0.4, -0.2) is 32.5 Å². The topological polar surface area (TPSA) is 114 Å². The molecule has 0 aliphatic carbocycles. The maximum absolute atomic E-state index is 9.00. The highest BCUT2D eigenvalue weighted by Crippen LogP contribution is 1.62. The molecular weight excluding hydrogens is 180 g/mol. The van der Waals surface area contributed by atoms with E-state index < -0.39 is 11.9 Å². The van der Waals surface area contributed by atoms with Crippen molar-refractivity contribution in [3.63, 3.8) is 0 Å². The Kier molecular flexibility index (Phi) is 10.6. The first-order valence-corrected chi connectivity index (χ1v) is 3.07. The molecule has 1 aromatic rings. The third-order valence-corrected chi connectivity index (χ3v) is 0.283. The number of aliphatic carboxylic acids is 2. The van der Waals surface area contributed by atoms with Crippen LogP contribution in [0.25, 0.3) is 0 Å². The van der Waals surface area contributed by atoms with Crippen LogP contribution in [0.4, 0.5) is 0 Å². The smallest absolute Gasteiger partial charge is 0.300 e. The number of carboxylic acids is 2. The fraction of sp³-hybridized carbons (Fsp3) is 0.333. The summed E-state index contributed by atoms with van der Waals surface area (Å²) in [5.74, 6) is -1.67. The van der Waals surface area contributed by atoms with Crippen LogP contribution in [0.1, 0.15) is 13.8 Å². The van der Waals surface area contributed by atoms with E-state index in [0.717, 1.165) is 13.8 Å². The fourth-order valence-corrected chi connectivity index (χ4v) is 0.136. The lowest BCUT2D eigenvalue weighted by Gasteiger charge is -1.59. The number of rotatable bonds is 0. The van der Waals surface area contributed by atoms with Gasteiger partial charge in [-0.15, -0.1) is 0 Å². The van der Waals surface area contributed by atoms with E-state index in [4.69, 9.17) is 19.8 Å². The number of aromatic nitrogens is 2. The molecule has 1 aromatic heterocycles. The molecule has 1 heterocycles. The van der Waals surface area contributed by atoms with Crippen molar-refractivity contribution in [1.82, 2.24) is 10.3 Å². The predicted molar refractivity (Wildman–Crippen MR) is 40.9 cm³/mol. The van der Waals surface area contributed by atoms with Crippen molar-refractivity contribution in [3.8, 4) is 0 Å². The summed E-state index contributed by atoms with van der Waals surface area (Å²) in [4.78, 5) is 18.0. The Balaban J connectivity index is 0. The summed E-state index contributed by atoms with van der Waals surface area (Å²) in [6.07, 6.45) is 2.94. The van der Waals surface area contributed by atoms with Crippen LogP contribution >= 0.6 is 0 Å². The first-order chi connectivity index (χ1) is 5.96. The van der Waals surface area contributed by atoms with Crippen molar-refractivity contribution in [3.05, 3.63) is 12.4 Å². The van der Waals surface area contributed by atoms with Crippen LogP contribution in [0.3, 0.4) is 0 Å². The molecule has 0 aromatic carbocycles. The Bertz CT molecular complexity index is 184. The Labute approximate surface area is 74.0 Å². The van der Waals surface area contributed by atoms with Crippen LogP contribution in [0.2, 0.25) is 0 Å². The van der Waals surface area contributed by atoms with Gasteiger partial charge in [0.15, 0.2) is 0 Å². The summed E-state index contributed by atoms with van der Waals surface area (Å²) >= 11 is 0. The third kappa shape index (κ3) is 69.4. The summed E-state index contributed by atoms with van der Waals surface area (Å²) in [6, 6.07) is 0. The molecule has 0 atom stereocenters. The molecule has 0 amide bonds. The molecule has 0 radical (unpaired) electrons. The second-order valence-corrected chi connectivity index (χ2v) is 1.63. The van der Waals surface area contributed by atoms with E-state index in [-0.39, 0.29) is 0 Å². The number of hydrogen-bond acceptors (Lipinski definition) is 5. The molecule has 7 nitrogen and oxygen atoms in total. The maximum Gasteiger partial charge on any atom is 0.300 e. The van der Waals surface area contributed by atoms with Gasteiger partial charge in [0.1, 0.15) is 0 Å². The van der Waals surface area contributed by atoms with Crippen molar-refractivity contribution in [2.45, 2.75) is 13.8 Å². The molecule has 74 valence electrons. The van der Waals surface area contributed by atoms with Gasteiger partial charge in [-0.05, 0) is 0 Å². The lowest BCUT2D eigenvalue weighted by molar-refractivity contribution is -0.135. The summed E-state index contributed by atoms with van der Waals surface area (Å²) in [5, 5.41) is 21.3. The van der Waals surface area contributed by atoms with Crippen LogP contribution in [0.15, 0.2) is 17.0 Å². The number of hydrogen-bond donors (Lipinski definition) is 2. The zero-order valence-corrected chi connectivity index (χ0v) is 7.17. The minimum Gasteiger partial charge on any atom is -0.481 e. The highest BCUT2D eigenvalue weighted by Gasteiger charge is 1.66. The van der Waals surface area contributed by atoms with Gasteiger partial charge in [0, 0.05) is 13.8 Å². The molecule has 0 spiro atoms. The van der Waals surface area contributed by atoms with Crippen molar-refractivity contribution in [1.29, 1.82) is 0 Å². The largest absolute Gasteiger partial charge is 0.481 e. The maximum atomic E-state index is 9.00. The van der Waals surface area contributed by atoms with Gasteiger partial charge in [0.25, 0.3) is 11.9 Å². The highest BCUT2D eigenvalue weighted by molar-refractivity contribution is 5.63. The lowest BCUT2D eigenvalue weighted by atomic mass is 10.9. The van der Waals surface area contributed by atoms with Gasteiger partial charge < -0.3 is 10.2 Å². The molecule has 0 fully saturated rings. The zero-order chi connectivity index (χ0) is 10.7. The molecule has 0 aliphatic rings. The normalized spacial score (nSPS) is 6.92. The molecular formula is C6H10N2O5. The summed E-state index contributed by atoms with van der Waals surface area (Å²) in [7, 11) is 0. The first kappa shape index (κ1) is 13.7. The molecule has 0 saturated heterocycles. The molecule has 7 heteroatoms. The highest BCUT2D eigenvalue weighted by atomic mass is 16.6. The second kappa shape index (κ2) is 10.1. The lowest BCUT2D eigenvalue weighted by Crippen LogP contribution is -1.78. The average molecular weight is 190 g/mol. The molecule has 0 saturated carbocycles. The SMILES string of the molecule is CC(=O)O.CC(=O)O.c1cnon1. The minimum atomic E-state index is -0.833. The average Bonchev–Trinajstić information content (AvgIpc) is 2.35. The fourth-order valence-electron chi connectivity index (χ4n) is 0.136. The van der Waals surface area contributed by atoms with Gasteiger partial charge >= 0.3 is 0 Å². The molecule has 1 rings (SSSR count). The quantitative estimate of drug-likeness (QED) is 0.602. The van der Waals surface area contributed by atoms with Crippen molar-refractivity contribution in [2.75, 3.05) is 0 Å². The molecule has 0 bridgehead atoms. The van der Waals surface area contributed by atoms with Gasteiger partial charge in [-0.3, -0.25) is 9.59 Å². The number of nitrogens with zero attached hydrogens (tertiary/aromatic N) is 2. The van der Waals surface area contributed by atoms with Gasteiger partial charge in [-0.2, -0.15) is 0 Å². The predicted octanol–water partition coefficient (Wildman–Crippen LogP) is 0.251. The van der Waals surface area contributed by atoms with Gasteiger partial charge in [-0.1, -0.05) is 10.3 Å². The van der Waals surface area contributed by atoms with Crippen LogP contribution < -0.4 is 0 Å². The second-order valence-electron chi connectivity index (χ2n) is 1.63. The Morgan fingerprint density at radius 3 is 1.38 bits per heavy atom.